The van der Waals surface area contributed by atoms with E-state index in [9.17, 15) is 18.0 Å². The van der Waals surface area contributed by atoms with Gasteiger partial charge in [0.25, 0.3) is 0 Å². The zero-order valence-electron chi connectivity index (χ0n) is 12.5. The van der Waals surface area contributed by atoms with Crippen LogP contribution in [0, 0.1) is 17.5 Å². The van der Waals surface area contributed by atoms with Crippen LogP contribution in [0.5, 0.6) is 5.75 Å². The van der Waals surface area contributed by atoms with Crippen LogP contribution in [0.4, 0.5) is 13.2 Å². The Morgan fingerprint density at radius 2 is 1.68 bits per heavy atom. The lowest BCUT2D eigenvalue weighted by molar-refractivity contribution is 0.0721. The molecule has 7 heteroatoms. The number of nitrogens with zero attached hydrogens (tertiary/aromatic N) is 1. The molecule has 0 aliphatic heterocycles. The van der Waals surface area contributed by atoms with Crippen LogP contribution < -0.4 is 4.74 Å². The fourth-order valence-corrected chi connectivity index (χ4v) is 2.60. The molecule has 25 heavy (non-hydrogen) atoms. The van der Waals surface area contributed by atoms with Crippen LogP contribution in [0.15, 0.2) is 48.7 Å². The molecule has 0 aliphatic rings. The number of halogens is 3. The number of rotatable bonds is 2. The van der Waals surface area contributed by atoms with E-state index < -0.39 is 29.2 Å². The molecule has 2 heterocycles. The number of hydrogen-bond acceptors (Lipinski definition) is 3. The zero-order chi connectivity index (χ0) is 17.6. The highest BCUT2D eigenvalue weighted by molar-refractivity contribution is 6.08. The van der Waals surface area contributed by atoms with Gasteiger partial charge in [0.15, 0.2) is 23.2 Å². The second-order valence-electron chi connectivity index (χ2n) is 5.37. The molecule has 0 unspecified atom stereocenters. The minimum atomic E-state index is -1.37. The second kappa shape index (κ2) is 5.62. The molecule has 0 atom stereocenters. The topological polar surface area (TPSA) is 55.0 Å². The average molecular weight is 342 g/mol. The van der Waals surface area contributed by atoms with Gasteiger partial charge in [-0.15, -0.1) is 0 Å². The van der Waals surface area contributed by atoms with Crippen molar-refractivity contribution >= 4 is 27.8 Å². The van der Waals surface area contributed by atoms with E-state index in [2.05, 4.69) is 9.97 Å². The molecule has 0 amide bonds. The third kappa shape index (κ3) is 2.59. The molecule has 0 saturated heterocycles. The molecule has 0 bridgehead atoms. The predicted octanol–water partition coefficient (Wildman–Crippen LogP) is 4.35. The van der Waals surface area contributed by atoms with E-state index in [-0.39, 0.29) is 5.69 Å². The summed E-state index contributed by atoms with van der Waals surface area (Å²) in [6, 6.07) is 9.76. The summed E-state index contributed by atoms with van der Waals surface area (Å²) < 4.78 is 44.6. The molecule has 0 saturated carbocycles. The van der Waals surface area contributed by atoms with Crippen molar-refractivity contribution in [2.45, 2.75) is 0 Å². The fourth-order valence-electron chi connectivity index (χ4n) is 2.60. The van der Waals surface area contributed by atoms with Gasteiger partial charge < -0.3 is 9.72 Å². The smallest absolute Gasteiger partial charge is 0.362 e. The lowest BCUT2D eigenvalue weighted by atomic mass is 10.1. The van der Waals surface area contributed by atoms with Crippen LogP contribution >= 0.6 is 0 Å². The summed E-state index contributed by atoms with van der Waals surface area (Å²) in [6.45, 7) is 0. The number of nitrogens with one attached hydrogen (secondary N) is 1. The third-order valence-corrected chi connectivity index (χ3v) is 3.78. The van der Waals surface area contributed by atoms with Crippen molar-refractivity contribution in [3.05, 3.63) is 71.8 Å². The number of benzene rings is 2. The van der Waals surface area contributed by atoms with E-state index in [0.29, 0.717) is 12.1 Å². The molecule has 2 aromatic carbocycles. The van der Waals surface area contributed by atoms with Gasteiger partial charge in [0.2, 0.25) is 0 Å². The molecule has 1 N–H and O–H groups in total. The molecule has 0 aliphatic carbocycles. The minimum absolute atomic E-state index is 0.0820. The quantitative estimate of drug-likeness (QED) is 0.335. The highest BCUT2D eigenvalue weighted by Gasteiger charge is 2.17. The largest absolute Gasteiger partial charge is 0.419 e. The Bertz CT molecular complexity index is 1140. The van der Waals surface area contributed by atoms with Gasteiger partial charge in [-0.1, -0.05) is 18.2 Å². The Morgan fingerprint density at radius 3 is 2.52 bits per heavy atom. The van der Waals surface area contributed by atoms with E-state index in [1.165, 1.54) is 12.3 Å². The van der Waals surface area contributed by atoms with E-state index in [1.807, 2.05) is 24.3 Å². The summed E-state index contributed by atoms with van der Waals surface area (Å²) in [4.78, 5) is 19.3. The van der Waals surface area contributed by atoms with Crippen molar-refractivity contribution in [3.63, 3.8) is 0 Å². The molecule has 0 radical (unpaired) electrons. The number of pyridine rings is 1. The van der Waals surface area contributed by atoms with Crippen molar-refractivity contribution in [3.8, 4) is 5.75 Å². The van der Waals surface area contributed by atoms with E-state index >= 15 is 0 Å². The first kappa shape index (κ1) is 15.2. The molecule has 0 spiro atoms. The summed E-state index contributed by atoms with van der Waals surface area (Å²) in [6.07, 6.45) is 1.45. The third-order valence-electron chi connectivity index (χ3n) is 3.78. The van der Waals surface area contributed by atoms with Gasteiger partial charge in [-0.3, -0.25) is 0 Å². The fraction of sp³-hybridized carbons (Fsp3) is 0. The van der Waals surface area contributed by atoms with Gasteiger partial charge in [-0.2, -0.15) is 0 Å². The lowest BCUT2D eigenvalue weighted by Gasteiger charge is -2.06. The van der Waals surface area contributed by atoms with Crippen LogP contribution in [0.2, 0.25) is 0 Å². The lowest BCUT2D eigenvalue weighted by Crippen LogP contribution is -2.11. The molecule has 4 rings (SSSR count). The van der Waals surface area contributed by atoms with Gasteiger partial charge in [0.05, 0.1) is 11.7 Å². The molecule has 2 aromatic heterocycles. The highest BCUT2D eigenvalue weighted by atomic mass is 19.2. The normalized spacial score (nSPS) is 11.2. The van der Waals surface area contributed by atoms with Gasteiger partial charge in [-0.25, -0.2) is 22.9 Å². The Balaban J connectivity index is 1.73. The van der Waals surface area contributed by atoms with Crippen molar-refractivity contribution in [1.29, 1.82) is 0 Å². The Kier molecular flexibility index (Phi) is 3.42. The molecular formula is C18H9F3N2O2. The Labute approximate surface area is 138 Å². The summed E-state index contributed by atoms with van der Waals surface area (Å²) in [5.41, 5.74) is 1.51. The number of carbonyl (C=O) groups excluding carboxylic acids is 1. The summed E-state index contributed by atoms with van der Waals surface area (Å²) in [5.74, 6) is -5.54. The van der Waals surface area contributed by atoms with E-state index in [1.54, 1.807) is 0 Å². The SMILES string of the molecule is O=C(Oc1cc(F)c(F)cc1F)c1cc2c(cn1)[nH]c1ccccc12. The standard InChI is InChI=1S/C18H9F3N2O2/c19-11-6-13(21)17(7-12(11)20)25-18(24)15-5-10-9-3-1-2-4-14(9)23-16(10)8-22-15/h1-8,23H. The monoisotopic (exact) mass is 342 g/mol. The highest BCUT2D eigenvalue weighted by Crippen LogP contribution is 2.26. The zero-order valence-corrected chi connectivity index (χ0v) is 12.5. The molecule has 4 aromatic rings. The number of hydrogen-bond donors (Lipinski definition) is 1. The number of carbonyl (C=O) groups is 1. The van der Waals surface area contributed by atoms with Gasteiger partial charge in [0, 0.05) is 28.4 Å². The number of fused-ring (bicyclic) bond motifs is 3. The van der Waals surface area contributed by atoms with Gasteiger partial charge in [-0.05, 0) is 12.1 Å². The molecule has 4 nitrogen and oxygen atoms in total. The Morgan fingerprint density at radius 1 is 0.920 bits per heavy atom. The van der Waals surface area contributed by atoms with Crippen LogP contribution in [0.25, 0.3) is 21.8 Å². The van der Waals surface area contributed by atoms with Gasteiger partial charge in [0.1, 0.15) is 5.69 Å². The first-order chi connectivity index (χ1) is 12.0. The number of aromatic nitrogens is 2. The van der Waals surface area contributed by atoms with Crippen LogP contribution in [-0.4, -0.2) is 15.9 Å². The van der Waals surface area contributed by atoms with Crippen molar-refractivity contribution in [2.24, 2.45) is 0 Å². The van der Waals surface area contributed by atoms with Crippen molar-refractivity contribution < 1.29 is 22.7 Å². The predicted molar refractivity (Wildman–Crippen MR) is 84.9 cm³/mol. The second-order valence-corrected chi connectivity index (χ2v) is 5.37. The van der Waals surface area contributed by atoms with E-state index in [0.717, 1.165) is 21.8 Å². The van der Waals surface area contributed by atoms with Crippen molar-refractivity contribution in [1.82, 2.24) is 9.97 Å². The van der Waals surface area contributed by atoms with E-state index in [4.69, 9.17) is 4.74 Å². The number of aromatic amines is 1. The number of para-hydroxylation sites is 1. The first-order valence-corrected chi connectivity index (χ1v) is 7.26. The summed E-state index contributed by atoms with van der Waals surface area (Å²) in [5, 5.41) is 1.62. The minimum Gasteiger partial charge on any atom is -0.419 e. The summed E-state index contributed by atoms with van der Waals surface area (Å²) in [7, 11) is 0. The van der Waals surface area contributed by atoms with Crippen LogP contribution in [-0.2, 0) is 0 Å². The average Bonchev–Trinajstić information content (AvgIpc) is 2.97. The molecule has 124 valence electrons. The summed E-state index contributed by atoms with van der Waals surface area (Å²) >= 11 is 0. The number of H-pyrrole nitrogens is 1. The molecular weight excluding hydrogens is 333 g/mol. The van der Waals surface area contributed by atoms with Crippen LogP contribution in [0.3, 0.4) is 0 Å². The number of esters is 1. The molecule has 0 fully saturated rings. The first-order valence-electron chi connectivity index (χ1n) is 7.26. The van der Waals surface area contributed by atoms with Crippen molar-refractivity contribution in [2.75, 3.05) is 0 Å². The van der Waals surface area contributed by atoms with Crippen LogP contribution in [0.1, 0.15) is 10.5 Å². The maximum Gasteiger partial charge on any atom is 0.362 e. The maximum atomic E-state index is 13.6. The number of ether oxygens (including phenoxy) is 1. The van der Waals surface area contributed by atoms with Gasteiger partial charge >= 0.3 is 5.97 Å². The Hall–Kier alpha value is -3.35. The maximum absolute atomic E-state index is 13.6.